The number of aliphatic carboxylic acids is 1. The molecule has 0 aliphatic carbocycles. The Morgan fingerprint density at radius 3 is 1.76 bits per heavy atom. The Morgan fingerprint density at radius 1 is 0.862 bits per heavy atom. The van der Waals surface area contributed by atoms with Crippen molar-refractivity contribution in [1.29, 1.82) is 0 Å². The van der Waals surface area contributed by atoms with Gasteiger partial charge in [-0.05, 0) is 25.2 Å². The molecule has 0 radical (unpaired) electrons. The van der Waals surface area contributed by atoms with Crippen molar-refractivity contribution in [3.8, 4) is 0 Å². The third-order valence-corrected chi connectivity index (χ3v) is 4.21. The van der Waals surface area contributed by atoms with Gasteiger partial charge in [-0.15, -0.1) is 0 Å². The molecule has 11 nitrogen and oxygen atoms in total. The van der Waals surface area contributed by atoms with Gasteiger partial charge < -0.3 is 37.0 Å². The second-order valence-corrected chi connectivity index (χ2v) is 7.77. The summed E-state index contributed by atoms with van der Waals surface area (Å²) < 4.78 is 0. The van der Waals surface area contributed by atoms with Crippen molar-refractivity contribution >= 4 is 23.7 Å². The van der Waals surface area contributed by atoms with Crippen LogP contribution in [0.4, 0.5) is 0 Å². The lowest BCUT2D eigenvalue weighted by molar-refractivity contribution is -0.143. The number of nitrogens with two attached hydrogens (primary N) is 1. The van der Waals surface area contributed by atoms with Crippen LogP contribution in [0.5, 0.6) is 0 Å². The van der Waals surface area contributed by atoms with E-state index in [0.29, 0.717) is 0 Å². The number of rotatable bonds is 12. The Labute approximate surface area is 170 Å². The third kappa shape index (κ3) is 9.20. The molecule has 5 unspecified atom stereocenters. The quantitative estimate of drug-likeness (QED) is 0.188. The number of aliphatic hydroxyl groups excluding tert-OH is 2. The van der Waals surface area contributed by atoms with Gasteiger partial charge in [0.05, 0.1) is 12.7 Å². The predicted molar refractivity (Wildman–Crippen MR) is 104 cm³/mol. The molecular formula is C18H34N4O7. The molecule has 0 saturated heterocycles. The zero-order valence-electron chi connectivity index (χ0n) is 17.5. The topological polar surface area (TPSA) is 191 Å². The van der Waals surface area contributed by atoms with Gasteiger partial charge >= 0.3 is 5.97 Å². The summed E-state index contributed by atoms with van der Waals surface area (Å²) in [6.45, 7) is 7.53. The summed E-state index contributed by atoms with van der Waals surface area (Å²) in [5.74, 6) is -3.92. The van der Waals surface area contributed by atoms with E-state index < -0.39 is 66.5 Å². The van der Waals surface area contributed by atoms with Crippen LogP contribution in [0.15, 0.2) is 0 Å². The summed E-state index contributed by atoms with van der Waals surface area (Å²) in [5.41, 5.74) is 5.60. The van der Waals surface area contributed by atoms with Gasteiger partial charge in [0.1, 0.15) is 24.2 Å². The van der Waals surface area contributed by atoms with E-state index in [-0.39, 0.29) is 12.3 Å². The Bertz CT molecular complexity index is 581. The van der Waals surface area contributed by atoms with E-state index in [1.165, 1.54) is 6.92 Å². The van der Waals surface area contributed by atoms with E-state index in [1.807, 2.05) is 13.8 Å². The van der Waals surface area contributed by atoms with Gasteiger partial charge in [0.2, 0.25) is 17.7 Å². The first-order chi connectivity index (χ1) is 13.3. The first-order valence-corrected chi connectivity index (χ1v) is 9.50. The van der Waals surface area contributed by atoms with Crippen LogP contribution in [-0.2, 0) is 19.2 Å². The number of hydrogen-bond donors (Lipinski definition) is 7. The lowest BCUT2D eigenvalue weighted by atomic mass is 9.99. The highest BCUT2D eigenvalue weighted by Crippen LogP contribution is 2.09. The number of amides is 3. The number of carbonyl (C=O) groups is 4. The van der Waals surface area contributed by atoms with Crippen LogP contribution in [0, 0.1) is 11.8 Å². The molecule has 0 rings (SSSR count). The Morgan fingerprint density at radius 2 is 1.38 bits per heavy atom. The minimum atomic E-state index is -1.50. The van der Waals surface area contributed by atoms with Crippen LogP contribution in [0.1, 0.15) is 41.0 Å². The summed E-state index contributed by atoms with van der Waals surface area (Å²) in [6, 6.07) is -4.82. The summed E-state index contributed by atoms with van der Waals surface area (Å²) in [5, 5.41) is 34.7. The fourth-order valence-corrected chi connectivity index (χ4v) is 2.43. The van der Waals surface area contributed by atoms with Crippen LogP contribution < -0.4 is 21.7 Å². The Balaban J connectivity index is 5.35. The maximum atomic E-state index is 12.7. The number of carboxylic acid groups (broad SMARTS) is 1. The van der Waals surface area contributed by atoms with Crippen LogP contribution in [0.2, 0.25) is 0 Å². The molecule has 0 fully saturated rings. The maximum Gasteiger partial charge on any atom is 0.328 e. The number of carbonyl (C=O) groups excluding carboxylic acids is 3. The maximum absolute atomic E-state index is 12.7. The molecule has 5 atom stereocenters. The lowest BCUT2D eigenvalue weighted by Gasteiger charge is -2.27. The van der Waals surface area contributed by atoms with Crippen molar-refractivity contribution in [3.63, 3.8) is 0 Å². The first kappa shape index (κ1) is 26.8. The summed E-state index contributed by atoms with van der Waals surface area (Å²) in [7, 11) is 0. The number of carboxylic acids is 1. The molecule has 3 amide bonds. The van der Waals surface area contributed by atoms with Crippen LogP contribution in [-0.4, -0.2) is 75.9 Å². The van der Waals surface area contributed by atoms with Gasteiger partial charge in [0.25, 0.3) is 0 Å². The fraction of sp³-hybridized carbons (Fsp3) is 0.778. The largest absolute Gasteiger partial charge is 0.480 e. The van der Waals surface area contributed by atoms with Crippen LogP contribution >= 0.6 is 0 Å². The fourth-order valence-electron chi connectivity index (χ4n) is 2.43. The predicted octanol–water partition coefficient (Wildman–Crippen LogP) is -2.07. The highest BCUT2D eigenvalue weighted by Gasteiger charge is 2.32. The molecule has 8 N–H and O–H groups in total. The molecular weight excluding hydrogens is 384 g/mol. The van der Waals surface area contributed by atoms with Gasteiger partial charge in [0.15, 0.2) is 0 Å². The average molecular weight is 418 g/mol. The van der Waals surface area contributed by atoms with Crippen molar-refractivity contribution in [2.24, 2.45) is 17.6 Å². The van der Waals surface area contributed by atoms with Crippen molar-refractivity contribution in [3.05, 3.63) is 0 Å². The molecule has 0 bridgehead atoms. The smallest absolute Gasteiger partial charge is 0.328 e. The van der Waals surface area contributed by atoms with Gasteiger partial charge in [-0.2, -0.15) is 0 Å². The van der Waals surface area contributed by atoms with E-state index in [9.17, 15) is 24.3 Å². The van der Waals surface area contributed by atoms with Gasteiger partial charge in [0, 0.05) is 0 Å². The Kier molecular flexibility index (Phi) is 11.4. The monoisotopic (exact) mass is 418 g/mol. The molecule has 0 aromatic heterocycles. The molecule has 11 heteroatoms. The van der Waals surface area contributed by atoms with Crippen molar-refractivity contribution in [2.75, 3.05) is 6.61 Å². The average Bonchev–Trinajstić information content (AvgIpc) is 2.61. The van der Waals surface area contributed by atoms with Crippen molar-refractivity contribution in [1.82, 2.24) is 16.0 Å². The molecule has 29 heavy (non-hydrogen) atoms. The molecule has 0 aliphatic rings. The standard InChI is InChI=1S/C18H34N4O7/c1-8(2)6-11(20-16(26)13(19)10(5)24)15(25)22-14(9(3)4)17(27)21-12(7-23)18(28)29/h8-14,23-24H,6-7,19H2,1-5H3,(H,20,26)(H,21,27)(H,22,25)(H,28,29). The van der Waals surface area contributed by atoms with Crippen molar-refractivity contribution < 1.29 is 34.5 Å². The Hall–Kier alpha value is -2.24. The summed E-state index contributed by atoms with van der Waals surface area (Å²) >= 11 is 0. The first-order valence-electron chi connectivity index (χ1n) is 9.50. The summed E-state index contributed by atoms with van der Waals surface area (Å²) in [4.78, 5) is 48.3. The second-order valence-electron chi connectivity index (χ2n) is 7.77. The molecule has 0 saturated carbocycles. The number of aliphatic hydroxyl groups is 2. The molecule has 0 spiro atoms. The minimum absolute atomic E-state index is 0.0194. The lowest BCUT2D eigenvalue weighted by Crippen LogP contribution is -2.59. The highest BCUT2D eigenvalue weighted by atomic mass is 16.4. The van der Waals surface area contributed by atoms with Gasteiger partial charge in [-0.1, -0.05) is 27.7 Å². The second kappa shape index (κ2) is 12.3. The zero-order valence-corrected chi connectivity index (χ0v) is 17.5. The number of hydrogen-bond acceptors (Lipinski definition) is 7. The van der Waals surface area contributed by atoms with Crippen molar-refractivity contribution in [2.45, 2.75) is 71.3 Å². The molecule has 0 aromatic rings. The SMILES string of the molecule is CC(C)CC(NC(=O)C(N)C(C)O)C(=O)NC(C(=O)NC(CO)C(=O)O)C(C)C. The van der Waals surface area contributed by atoms with Crippen LogP contribution in [0.25, 0.3) is 0 Å². The van der Waals surface area contributed by atoms with E-state index in [1.54, 1.807) is 13.8 Å². The molecule has 168 valence electrons. The minimum Gasteiger partial charge on any atom is -0.480 e. The molecule has 0 heterocycles. The molecule has 0 aliphatic heterocycles. The molecule has 0 aromatic carbocycles. The zero-order chi connectivity index (χ0) is 22.9. The summed E-state index contributed by atoms with van der Waals surface area (Å²) in [6.07, 6.45) is -0.858. The van der Waals surface area contributed by atoms with E-state index in [4.69, 9.17) is 15.9 Å². The van der Waals surface area contributed by atoms with E-state index in [2.05, 4.69) is 16.0 Å². The van der Waals surface area contributed by atoms with Gasteiger partial charge in [-0.3, -0.25) is 14.4 Å². The van der Waals surface area contributed by atoms with E-state index >= 15 is 0 Å². The highest BCUT2D eigenvalue weighted by molar-refractivity contribution is 5.94. The van der Waals surface area contributed by atoms with Crippen LogP contribution in [0.3, 0.4) is 0 Å². The number of nitrogens with one attached hydrogen (secondary N) is 3. The third-order valence-electron chi connectivity index (χ3n) is 4.21. The van der Waals surface area contributed by atoms with Gasteiger partial charge in [-0.25, -0.2) is 4.79 Å². The normalized spacial score (nSPS) is 16.5. The van der Waals surface area contributed by atoms with E-state index in [0.717, 1.165) is 0 Å².